The van der Waals surface area contributed by atoms with Crippen LogP contribution in [0.15, 0.2) is 84.6 Å². The molecule has 4 nitrogen and oxygen atoms in total. The van der Waals surface area contributed by atoms with Crippen LogP contribution in [0.4, 0.5) is 15.8 Å². The largest absolute Gasteiger partial charge is 0.350 e. The van der Waals surface area contributed by atoms with Gasteiger partial charge in [0.25, 0.3) is 11.8 Å². The van der Waals surface area contributed by atoms with Gasteiger partial charge >= 0.3 is 0 Å². The minimum absolute atomic E-state index is 0.128. The predicted octanol–water partition coefficient (Wildman–Crippen LogP) is 4.53. The summed E-state index contributed by atoms with van der Waals surface area (Å²) in [7, 11) is 0. The summed E-state index contributed by atoms with van der Waals surface area (Å²) in [5, 5.41) is 2.95. The molecule has 2 amide bonds. The summed E-state index contributed by atoms with van der Waals surface area (Å²) < 4.78 is 13.6. The van der Waals surface area contributed by atoms with Crippen LogP contribution in [0.3, 0.4) is 0 Å². The Labute approximate surface area is 161 Å². The van der Waals surface area contributed by atoms with Gasteiger partial charge in [-0.2, -0.15) is 0 Å². The van der Waals surface area contributed by atoms with Crippen molar-refractivity contribution >= 4 is 28.8 Å². The van der Waals surface area contributed by atoms with Gasteiger partial charge in [0, 0.05) is 5.69 Å². The number of carbonyl (C=O) groups is 2. The molecule has 1 N–H and O–H groups in total. The lowest BCUT2D eigenvalue weighted by atomic mass is 10.0. The maximum Gasteiger partial charge on any atom is 0.282 e. The summed E-state index contributed by atoms with van der Waals surface area (Å²) in [5.74, 6) is -1.32. The van der Waals surface area contributed by atoms with Crippen LogP contribution in [-0.4, -0.2) is 11.8 Å². The molecular formula is C23H17FN2O2. The molecule has 1 aliphatic heterocycles. The highest BCUT2D eigenvalue weighted by molar-refractivity contribution is 6.46. The van der Waals surface area contributed by atoms with Gasteiger partial charge in [-0.1, -0.05) is 54.1 Å². The van der Waals surface area contributed by atoms with E-state index in [4.69, 9.17) is 0 Å². The van der Waals surface area contributed by atoms with Crippen LogP contribution in [0, 0.1) is 12.7 Å². The Hall–Kier alpha value is -3.73. The average Bonchev–Trinajstić information content (AvgIpc) is 2.93. The van der Waals surface area contributed by atoms with Gasteiger partial charge in [-0.3, -0.25) is 9.59 Å². The van der Waals surface area contributed by atoms with Crippen molar-refractivity contribution < 1.29 is 14.0 Å². The van der Waals surface area contributed by atoms with E-state index < -0.39 is 17.6 Å². The minimum Gasteiger partial charge on any atom is -0.350 e. The topological polar surface area (TPSA) is 49.4 Å². The molecule has 1 aliphatic rings. The third-order valence-corrected chi connectivity index (χ3v) is 4.53. The number of carbonyl (C=O) groups excluding carboxylic acids is 2. The predicted molar refractivity (Wildman–Crippen MR) is 107 cm³/mol. The van der Waals surface area contributed by atoms with Gasteiger partial charge < -0.3 is 5.32 Å². The van der Waals surface area contributed by atoms with E-state index in [1.54, 1.807) is 48.5 Å². The van der Waals surface area contributed by atoms with E-state index in [2.05, 4.69) is 5.32 Å². The van der Waals surface area contributed by atoms with Gasteiger partial charge in [0.15, 0.2) is 0 Å². The normalized spacial score (nSPS) is 14.0. The Morgan fingerprint density at radius 3 is 2.21 bits per heavy atom. The number of aryl methyl sites for hydroxylation is 1. The maximum absolute atomic E-state index is 13.6. The smallest absolute Gasteiger partial charge is 0.282 e. The van der Waals surface area contributed by atoms with Crippen molar-refractivity contribution in [2.45, 2.75) is 6.92 Å². The van der Waals surface area contributed by atoms with Crippen molar-refractivity contribution in [1.29, 1.82) is 0 Å². The number of rotatable bonds is 4. The highest BCUT2D eigenvalue weighted by Crippen LogP contribution is 2.33. The Morgan fingerprint density at radius 2 is 1.54 bits per heavy atom. The second kappa shape index (κ2) is 7.12. The van der Waals surface area contributed by atoms with E-state index in [0.29, 0.717) is 16.9 Å². The highest BCUT2D eigenvalue weighted by atomic mass is 19.1. The molecule has 0 saturated carbocycles. The van der Waals surface area contributed by atoms with Crippen LogP contribution in [0.25, 0.3) is 5.57 Å². The molecule has 0 unspecified atom stereocenters. The fourth-order valence-electron chi connectivity index (χ4n) is 3.16. The molecule has 0 aromatic heterocycles. The number of benzene rings is 3. The molecule has 3 aromatic rings. The van der Waals surface area contributed by atoms with Gasteiger partial charge in [-0.05, 0) is 42.8 Å². The molecule has 3 aromatic carbocycles. The first-order valence-electron chi connectivity index (χ1n) is 8.82. The minimum atomic E-state index is -0.476. The summed E-state index contributed by atoms with van der Waals surface area (Å²) in [5.41, 5.74) is 2.94. The van der Waals surface area contributed by atoms with Crippen LogP contribution in [0.1, 0.15) is 11.1 Å². The number of nitrogens with zero attached hydrogens (tertiary/aromatic N) is 1. The highest BCUT2D eigenvalue weighted by Gasteiger charge is 2.40. The number of anilines is 2. The van der Waals surface area contributed by atoms with Crippen molar-refractivity contribution in [3.8, 4) is 0 Å². The second-order valence-corrected chi connectivity index (χ2v) is 6.53. The number of nitrogens with one attached hydrogen (secondary N) is 1. The Kier molecular flexibility index (Phi) is 4.49. The molecule has 0 spiro atoms. The van der Waals surface area contributed by atoms with Crippen molar-refractivity contribution in [2.75, 3.05) is 10.2 Å². The summed E-state index contributed by atoms with van der Waals surface area (Å²) in [6.07, 6.45) is 0. The molecule has 1 heterocycles. The number of para-hydroxylation sites is 1. The fourth-order valence-corrected chi connectivity index (χ4v) is 3.16. The molecule has 0 fully saturated rings. The molecule has 5 heteroatoms. The van der Waals surface area contributed by atoms with Crippen molar-refractivity contribution in [3.05, 3.63) is 102 Å². The molecule has 0 bridgehead atoms. The molecule has 0 aliphatic carbocycles. The quantitative estimate of drug-likeness (QED) is 0.685. The van der Waals surface area contributed by atoms with Crippen molar-refractivity contribution in [2.24, 2.45) is 0 Å². The number of amides is 2. The third-order valence-electron chi connectivity index (χ3n) is 4.53. The number of hydrogen-bond donors (Lipinski definition) is 1. The van der Waals surface area contributed by atoms with Crippen LogP contribution < -0.4 is 10.2 Å². The van der Waals surface area contributed by atoms with Crippen LogP contribution in [0.2, 0.25) is 0 Å². The van der Waals surface area contributed by atoms with Crippen LogP contribution in [-0.2, 0) is 9.59 Å². The lowest BCUT2D eigenvalue weighted by molar-refractivity contribution is -0.120. The zero-order valence-corrected chi connectivity index (χ0v) is 15.1. The van der Waals surface area contributed by atoms with E-state index in [9.17, 15) is 14.0 Å². The van der Waals surface area contributed by atoms with E-state index in [-0.39, 0.29) is 11.3 Å². The fraction of sp³-hybridized carbons (Fsp3) is 0.0435. The molecule has 4 rings (SSSR count). The Morgan fingerprint density at radius 1 is 0.821 bits per heavy atom. The number of imide groups is 1. The van der Waals surface area contributed by atoms with Crippen LogP contribution in [0.5, 0.6) is 0 Å². The van der Waals surface area contributed by atoms with Gasteiger partial charge in [0.05, 0.1) is 11.3 Å². The van der Waals surface area contributed by atoms with E-state index >= 15 is 0 Å². The standard InChI is InChI=1S/C23H17FN2O2/c1-15-10-12-16(13-11-15)20-21(25-18-7-5-6-17(24)14-18)23(28)26(22(20)27)19-8-3-2-4-9-19/h2-14,25H,1H3. The third kappa shape index (κ3) is 3.18. The van der Waals surface area contributed by atoms with Gasteiger partial charge in [0.1, 0.15) is 11.5 Å². The lowest BCUT2D eigenvalue weighted by Crippen LogP contribution is -2.32. The monoisotopic (exact) mass is 372 g/mol. The van der Waals surface area contributed by atoms with E-state index in [1.165, 1.54) is 12.1 Å². The zero-order valence-electron chi connectivity index (χ0n) is 15.1. The summed E-state index contributed by atoms with van der Waals surface area (Å²) in [4.78, 5) is 27.5. The van der Waals surface area contributed by atoms with Gasteiger partial charge in [-0.15, -0.1) is 0 Å². The van der Waals surface area contributed by atoms with Crippen molar-refractivity contribution in [3.63, 3.8) is 0 Å². The second-order valence-electron chi connectivity index (χ2n) is 6.53. The Balaban J connectivity index is 1.83. The van der Waals surface area contributed by atoms with Crippen LogP contribution >= 0.6 is 0 Å². The molecule has 0 saturated heterocycles. The first-order chi connectivity index (χ1) is 13.5. The molecule has 0 atom stereocenters. The number of halogens is 1. The maximum atomic E-state index is 13.6. The molecule has 28 heavy (non-hydrogen) atoms. The summed E-state index contributed by atoms with van der Waals surface area (Å²) in [6, 6.07) is 21.9. The van der Waals surface area contributed by atoms with Crippen molar-refractivity contribution in [1.82, 2.24) is 0 Å². The first-order valence-corrected chi connectivity index (χ1v) is 8.82. The lowest BCUT2D eigenvalue weighted by Gasteiger charge is -2.15. The Bertz CT molecular complexity index is 1090. The van der Waals surface area contributed by atoms with E-state index in [1.807, 2.05) is 25.1 Å². The molecule has 138 valence electrons. The summed E-state index contributed by atoms with van der Waals surface area (Å²) >= 11 is 0. The summed E-state index contributed by atoms with van der Waals surface area (Å²) in [6.45, 7) is 1.95. The molecule has 0 radical (unpaired) electrons. The molecular weight excluding hydrogens is 355 g/mol. The average molecular weight is 372 g/mol. The SMILES string of the molecule is Cc1ccc(C2=C(Nc3cccc(F)c3)C(=O)N(c3ccccc3)C2=O)cc1. The zero-order chi connectivity index (χ0) is 19.7. The first kappa shape index (κ1) is 17.7. The number of hydrogen-bond acceptors (Lipinski definition) is 3. The van der Waals surface area contributed by atoms with Gasteiger partial charge in [-0.25, -0.2) is 9.29 Å². The van der Waals surface area contributed by atoms with E-state index in [0.717, 1.165) is 10.5 Å². The van der Waals surface area contributed by atoms with Gasteiger partial charge in [0.2, 0.25) is 0 Å².